The lowest BCUT2D eigenvalue weighted by Crippen LogP contribution is -2.45. The average molecular weight is 329 g/mol. The molecule has 2 N–H and O–H groups in total. The van der Waals surface area contributed by atoms with E-state index in [4.69, 9.17) is 4.42 Å². The average Bonchev–Trinajstić information content (AvgIpc) is 3.18. The Bertz CT molecular complexity index is 751. The minimum Gasteiger partial charge on any atom is -0.443 e. The Labute approximate surface area is 141 Å². The summed E-state index contributed by atoms with van der Waals surface area (Å²) in [7, 11) is 0. The number of carbonyl (C=O) groups excluding carboxylic acids is 1. The van der Waals surface area contributed by atoms with E-state index >= 15 is 0 Å². The molecule has 0 fully saturated rings. The van der Waals surface area contributed by atoms with Crippen LogP contribution in [0, 0.1) is 24.2 Å². The number of nitrogens with one attached hydrogen (secondary N) is 1. The summed E-state index contributed by atoms with van der Waals surface area (Å²) in [5, 5.41) is 22.6. The number of hydrogen-bond donors (Lipinski definition) is 2. The van der Waals surface area contributed by atoms with E-state index in [-0.39, 0.29) is 23.6 Å². The highest BCUT2D eigenvalue weighted by molar-refractivity contribution is 5.98. The molecule has 24 heavy (non-hydrogen) atoms. The third-order valence-electron chi connectivity index (χ3n) is 4.52. The van der Waals surface area contributed by atoms with E-state index in [1.807, 2.05) is 32.0 Å². The van der Waals surface area contributed by atoms with E-state index in [1.54, 1.807) is 30.8 Å². The lowest BCUT2D eigenvalue weighted by molar-refractivity contribution is 0.00590. The summed E-state index contributed by atoms with van der Waals surface area (Å²) in [5.41, 5.74) is -0.622. The molecule has 0 saturated carbocycles. The van der Waals surface area contributed by atoms with Gasteiger partial charge in [-0.3, -0.25) is 9.36 Å². The number of amides is 1. The number of aliphatic hydroxyl groups is 1. The van der Waals surface area contributed by atoms with Gasteiger partial charge in [-0.1, -0.05) is 20.3 Å². The second-order valence-electron chi connectivity index (χ2n) is 6.26. The molecular weight excluding hydrogens is 306 g/mol. The zero-order chi connectivity index (χ0) is 17.9. The fourth-order valence-corrected chi connectivity index (χ4v) is 2.52. The van der Waals surface area contributed by atoms with Crippen molar-refractivity contribution in [3.05, 3.63) is 41.4 Å². The van der Waals surface area contributed by atoms with Crippen LogP contribution in [0.5, 0.6) is 0 Å². The van der Waals surface area contributed by atoms with Crippen molar-refractivity contribution >= 4 is 5.91 Å². The number of carbonyl (C=O) groups is 1. The number of nitriles is 1. The van der Waals surface area contributed by atoms with Gasteiger partial charge in [-0.05, 0) is 31.9 Å². The van der Waals surface area contributed by atoms with E-state index in [0.717, 1.165) is 6.42 Å². The number of rotatable bonds is 6. The van der Waals surface area contributed by atoms with Crippen molar-refractivity contribution < 1.29 is 14.3 Å². The standard InChI is InChI=1S/C18H23N3O3/c1-5-12(2)18(4,23)11-20-16(22)15-13(3)24-17(14(15)10-19)21-8-6-7-9-21/h6-9,12,23H,5,11H2,1-4H3,(H,20,22). The molecule has 0 radical (unpaired) electrons. The Balaban J connectivity index is 2.26. The molecule has 2 atom stereocenters. The van der Waals surface area contributed by atoms with Crippen molar-refractivity contribution in [3.8, 4) is 12.0 Å². The second kappa shape index (κ2) is 6.93. The smallest absolute Gasteiger partial charge is 0.256 e. The van der Waals surface area contributed by atoms with Gasteiger partial charge in [0.05, 0.1) is 5.60 Å². The molecule has 0 aliphatic rings. The number of furan rings is 1. The highest BCUT2D eigenvalue weighted by Crippen LogP contribution is 2.26. The molecule has 1 amide bonds. The molecule has 2 aromatic heterocycles. The zero-order valence-electron chi connectivity index (χ0n) is 14.5. The normalized spacial score (nSPS) is 14.7. The van der Waals surface area contributed by atoms with E-state index in [0.29, 0.717) is 11.6 Å². The van der Waals surface area contributed by atoms with Crippen molar-refractivity contribution in [1.82, 2.24) is 9.88 Å². The first kappa shape index (κ1) is 17.8. The third kappa shape index (κ3) is 3.36. The van der Waals surface area contributed by atoms with Gasteiger partial charge < -0.3 is 14.8 Å². The summed E-state index contributed by atoms with van der Waals surface area (Å²) >= 11 is 0. The van der Waals surface area contributed by atoms with Gasteiger partial charge in [0.15, 0.2) is 0 Å². The maximum absolute atomic E-state index is 12.5. The Kier molecular flexibility index (Phi) is 5.15. The van der Waals surface area contributed by atoms with Crippen molar-refractivity contribution in [2.24, 2.45) is 5.92 Å². The quantitative estimate of drug-likeness (QED) is 0.852. The molecule has 0 aliphatic carbocycles. The Hall–Kier alpha value is -2.52. The van der Waals surface area contributed by atoms with E-state index < -0.39 is 11.5 Å². The van der Waals surface area contributed by atoms with Crippen LogP contribution in [0.3, 0.4) is 0 Å². The third-order valence-corrected chi connectivity index (χ3v) is 4.52. The summed E-state index contributed by atoms with van der Waals surface area (Å²) in [6, 6.07) is 5.66. The first-order valence-electron chi connectivity index (χ1n) is 7.99. The van der Waals surface area contributed by atoms with Crippen LogP contribution < -0.4 is 5.32 Å². The molecule has 2 aromatic rings. The Morgan fingerprint density at radius 1 is 1.50 bits per heavy atom. The summed E-state index contributed by atoms with van der Waals surface area (Å²) in [6.07, 6.45) is 4.29. The van der Waals surface area contributed by atoms with Crippen molar-refractivity contribution in [2.45, 2.75) is 39.7 Å². The number of hydrogen-bond acceptors (Lipinski definition) is 4. The van der Waals surface area contributed by atoms with Gasteiger partial charge in [-0.2, -0.15) is 5.26 Å². The molecule has 2 heterocycles. The van der Waals surface area contributed by atoms with Gasteiger partial charge in [0, 0.05) is 18.9 Å². The Morgan fingerprint density at radius 3 is 2.67 bits per heavy atom. The number of aryl methyl sites for hydroxylation is 1. The van der Waals surface area contributed by atoms with E-state index in [1.165, 1.54) is 0 Å². The molecule has 6 heteroatoms. The molecular formula is C18H23N3O3. The highest BCUT2D eigenvalue weighted by Gasteiger charge is 2.30. The maximum atomic E-state index is 12.5. The van der Waals surface area contributed by atoms with E-state index in [2.05, 4.69) is 5.32 Å². The highest BCUT2D eigenvalue weighted by atomic mass is 16.4. The minimum atomic E-state index is -1.02. The van der Waals surface area contributed by atoms with Gasteiger partial charge in [0.25, 0.3) is 5.91 Å². The first-order chi connectivity index (χ1) is 11.3. The summed E-state index contributed by atoms with van der Waals surface area (Å²) in [6.45, 7) is 7.36. The molecule has 0 aliphatic heterocycles. The van der Waals surface area contributed by atoms with Crippen LogP contribution in [0.4, 0.5) is 0 Å². The fourth-order valence-electron chi connectivity index (χ4n) is 2.52. The van der Waals surface area contributed by atoms with Crippen LogP contribution in [0.1, 0.15) is 48.9 Å². The van der Waals surface area contributed by atoms with Crippen LogP contribution in [0.15, 0.2) is 28.9 Å². The topological polar surface area (TPSA) is 91.2 Å². The minimum absolute atomic E-state index is 0.0362. The number of nitrogens with zero attached hydrogens (tertiary/aromatic N) is 2. The van der Waals surface area contributed by atoms with Gasteiger partial charge in [0.2, 0.25) is 5.88 Å². The first-order valence-corrected chi connectivity index (χ1v) is 7.99. The van der Waals surface area contributed by atoms with Gasteiger partial charge in [0.1, 0.15) is 23.0 Å². The molecule has 0 aromatic carbocycles. The van der Waals surface area contributed by atoms with Crippen molar-refractivity contribution in [2.75, 3.05) is 6.54 Å². The van der Waals surface area contributed by atoms with Crippen LogP contribution in [0.2, 0.25) is 0 Å². The fraction of sp³-hybridized carbons (Fsp3) is 0.444. The lowest BCUT2D eigenvalue weighted by atomic mass is 9.88. The zero-order valence-corrected chi connectivity index (χ0v) is 14.5. The van der Waals surface area contributed by atoms with Crippen molar-refractivity contribution in [3.63, 3.8) is 0 Å². The molecule has 0 bridgehead atoms. The molecule has 128 valence electrons. The summed E-state index contributed by atoms with van der Waals surface area (Å²) < 4.78 is 7.27. The van der Waals surface area contributed by atoms with Crippen LogP contribution in [-0.2, 0) is 0 Å². The molecule has 2 rings (SSSR count). The van der Waals surface area contributed by atoms with Crippen LogP contribution in [0.25, 0.3) is 5.88 Å². The SMILES string of the molecule is CCC(C)C(C)(O)CNC(=O)c1c(C)oc(-n2cccc2)c1C#N. The van der Waals surface area contributed by atoms with Crippen molar-refractivity contribution in [1.29, 1.82) is 5.26 Å². The van der Waals surface area contributed by atoms with Gasteiger partial charge in [-0.25, -0.2) is 0 Å². The maximum Gasteiger partial charge on any atom is 0.256 e. The Morgan fingerprint density at radius 2 is 2.12 bits per heavy atom. The molecule has 2 unspecified atom stereocenters. The predicted octanol–water partition coefficient (Wildman–Crippen LogP) is 2.78. The molecule has 6 nitrogen and oxygen atoms in total. The predicted molar refractivity (Wildman–Crippen MR) is 89.9 cm³/mol. The van der Waals surface area contributed by atoms with Crippen LogP contribution >= 0.6 is 0 Å². The van der Waals surface area contributed by atoms with Gasteiger partial charge in [-0.15, -0.1) is 0 Å². The second-order valence-corrected chi connectivity index (χ2v) is 6.26. The largest absolute Gasteiger partial charge is 0.443 e. The van der Waals surface area contributed by atoms with E-state index in [9.17, 15) is 15.2 Å². The summed E-state index contributed by atoms with van der Waals surface area (Å²) in [4.78, 5) is 12.5. The molecule has 0 spiro atoms. The lowest BCUT2D eigenvalue weighted by Gasteiger charge is -2.29. The molecule has 0 saturated heterocycles. The summed E-state index contributed by atoms with van der Waals surface area (Å²) in [5.74, 6) is 0.304. The number of aromatic nitrogens is 1. The monoisotopic (exact) mass is 329 g/mol. The van der Waals surface area contributed by atoms with Gasteiger partial charge >= 0.3 is 0 Å². The van der Waals surface area contributed by atoms with Crippen LogP contribution in [-0.4, -0.2) is 27.7 Å².